The average Bonchev–Trinajstić information content (AvgIpc) is 3.33. The quantitative estimate of drug-likeness (QED) is 0.0693. The molecule has 1 amide bonds. The molecule has 0 saturated heterocycles. The first-order chi connectivity index (χ1) is 24.9. The van der Waals surface area contributed by atoms with Crippen LogP contribution in [0.3, 0.4) is 0 Å². The molecule has 11 heteroatoms. The molecule has 1 aromatic heterocycles. The summed E-state index contributed by atoms with van der Waals surface area (Å²) in [5.41, 5.74) is -0.816. The van der Waals surface area contributed by atoms with Crippen LogP contribution in [0.5, 0.6) is 23.3 Å². The SMILES string of the molecule is CCCCCCCCOc1cc(NC(=O)C(C(=O)C(C)(C)C)n2c(O)c(OCC)n(Cc3ccccc3)c2=O)c(OCCCCCCCC)cc1Cl. The molecule has 0 aliphatic heterocycles. The first-order valence-corrected chi connectivity index (χ1v) is 19.5. The van der Waals surface area contributed by atoms with Gasteiger partial charge in [-0.1, -0.05) is 141 Å². The normalized spacial score (nSPS) is 12.1. The van der Waals surface area contributed by atoms with E-state index in [-0.39, 0.29) is 24.7 Å². The highest BCUT2D eigenvalue weighted by Gasteiger charge is 2.41. The number of hydrogen-bond donors (Lipinski definition) is 2. The van der Waals surface area contributed by atoms with Crippen LogP contribution in [0.1, 0.15) is 130 Å². The molecular weight excluding hydrogens is 682 g/mol. The van der Waals surface area contributed by atoms with Crippen molar-refractivity contribution in [3.05, 3.63) is 63.5 Å². The molecule has 0 aliphatic carbocycles. The van der Waals surface area contributed by atoms with E-state index in [1.54, 1.807) is 39.8 Å². The highest BCUT2D eigenvalue weighted by molar-refractivity contribution is 6.32. The van der Waals surface area contributed by atoms with Crippen molar-refractivity contribution >= 4 is 29.0 Å². The standard InChI is InChI=1S/C41H60ClN3O7/c1-7-10-12-14-16-21-25-51-33-28-32(34(27-31(33)42)52-26-22-17-15-13-11-8-2)43-37(47)35(36(46)41(4,5)6)45-38(48)39(50-9-3)44(40(45)49)29-30-23-19-18-20-24-30/h18-20,23-24,27-28,35,48H,7-17,21-22,25-26,29H2,1-6H3,(H,43,47). The van der Waals surface area contributed by atoms with Crippen molar-refractivity contribution in [2.45, 2.75) is 131 Å². The van der Waals surface area contributed by atoms with Crippen LogP contribution in [0, 0.1) is 5.41 Å². The van der Waals surface area contributed by atoms with Gasteiger partial charge in [-0.2, -0.15) is 0 Å². The van der Waals surface area contributed by atoms with Gasteiger partial charge in [0.2, 0.25) is 0 Å². The Morgan fingerprint density at radius 2 is 1.37 bits per heavy atom. The van der Waals surface area contributed by atoms with E-state index >= 15 is 0 Å². The fraction of sp³-hybridized carbons (Fsp3) is 0.585. The Morgan fingerprint density at radius 3 is 1.92 bits per heavy atom. The van der Waals surface area contributed by atoms with Crippen molar-refractivity contribution in [3.63, 3.8) is 0 Å². The van der Waals surface area contributed by atoms with Crippen molar-refractivity contribution in [1.82, 2.24) is 9.13 Å². The van der Waals surface area contributed by atoms with Gasteiger partial charge in [-0.3, -0.25) is 14.2 Å². The lowest BCUT2D eigenvalue weighted by atomic mass is 9.86. The molecule has 288 valence electrons. The molecule has 2 aromatic carbocycles. The summed E-state index contributed by atoms with van der Waals surface area (Å²) in [5.74, 6) is -1.47. The van der Waals surface area contributed by atoms with E-state index in [0.29, 0.717) is 29.7 Å². The number of aromatic nitrogens is 2. The Morgan fingerprint density at radius 1 is 0.808 bits per heavy atom. The van der Waals surface area contributed by atoms with Crippen molar-refractivity contribution in [1.29, 1.82) is 0 Å². The second-order valence-electron chi connectivity index (χ2n) is 14.3. The minimum absolute atomic E-state index is 0.0561. The number of aromatic hydroxyl groups is 1. The van der Waals surface area contributed by atoms with Crippen LogP contribution in [0.15, 0.2) is 47.3 Å². The fourth-order valence-corrected chi connectivity index (χ4v) is 6.11. The van der Waals surface area contributed by atoms with Gasteiger partial charge in [-0.15, -0.1) is 0 Å². The van der Waals surface area contributed by atoms with Crippen LogP contribution in [0.25, 0.3) is 0 Å². The van der Waals surface area contributed by atoms with Crippen LogP contribution in [-0.4, -0.2) is 45.8 Å². The zero-order valence-corrected chi connectivity index (χ0v) is 32.9. The molecule has 52 heavy (non-hydrogen) atoms. The number of benzene rings is 2. The number of ketones is 1. The van der Waals surface area contributed by atoms with Gasteiger partial charge >= 0.3 is 5.69 Å². The number of ether oxygens (including phenoxy) is 3. The van der Waals surface area contributed by atoms with Crippen molar-refractivity contribution < 1.29 is 28.9 Å². The van der Waals surface area contributed by atoms with Gasteiger partial charge in [0, 0.05) is 17.5 Å². The molecule has 0 aliphatic rings. The molecule has 1 heterocycles. The van der Waals surface area contributed by atoms with E-state index in [1.165, 1.54) is 43.1 Å². The van der Waals surface area contributed by atoms with Gasteiger partial charge in [-0.05, 0) is 25.3 Å². The summed E-state index contributed by atoms with van der Waals surface area (Å²) in [4.78, 5) is 42.5. The van der Waals surface area contributed by atoms with Gasteiger partial charge < -0.3 is 24.6 Å². The molecule has 0 fully saturated rings. The third-order valence-electron chi connectivity index (χ3n) is 8.86. The second-order valence-corrected chi connectivity index (χ2v) is 14.7. The van der Waals surface area contributed by atoms with E-state index in [2.05, 4.69) is 19.2 Å². The summed E-state index contributed by atoms with van der Waals surface area (Å²) in [7, 11) is 0. The molecule has 3 rings (SSSR count). The Hall–Kier alpha value is -3.92. The summed E-state index contributed by atoms with van der Waals surface area (Å²) in [6.45, 7) is 12.1. The lowest BCUT2D eigenvalue weighted by Gasteiger charge is -2.25. The predicted molar refractivity (Wildman–Crippen MR) is 208 cm³/mol. The molecule has 0 bridgehead atoms. The van der Waals surface area contributed by atoms with E-state index in [0.717, 1.165) is 48.7 Å². The number of rotatable bonds is 24. The Balaban J connectivity index is 2.00. The van der Waals surface area contributed by atoms with Crippen LogP contribution in [0.2, 0.25) is 5.02 Å². The summed E-state index contributed by atoms with van der Waals surface area (Å²) in [5, 5.41) is 14.6. The Bertz CT molecular complexity index is 1610. The molecule has 3 aromatic rings. The van der Waals surface area contributed by atoms with Crippen molar-refractivity contribution in [3.8, 4) is 23.3 Å². The van der Waals surface area contributed by atoms with Crippen LogP contribution < -0.4 is 25.2 Å². The van der Waals surface area contributed by atoms with Gasteiger partial charge in [0.1, 0.15) is 11.5 Å². The van der Waals surface area contributed by atoms with Gasteiger partial charge in [-0.25, -0.2) is 9.36 Å². The van der Waals surface area contributed by atoms with Gasteiger partial charge in [0.05, 0.1) is 37.1 Å². The summed E-state index contributed by atoms with van der Waals surface area (Å²) >= 11 is 6.68. The van der Waals surface area contributed by atoms with Crippen molar-refractivity contribution in [2.75, 3.05) is 25.1 Å². The number of hydrogen-bond acceptors (Lipinski definition) is 7. The highest BCUT2D eigenvalue weighted by atomic mass is 35.5. The number of Topliss-reactive ketones (excluding diaryl/α,β-unsaturated/α-hetero) is 1. The molecule has 10 nitrogen and oxygen atoms in total. The van der Waals surface area contributed by atoms with Crippen LogP contribution in [0.4, 0.5) is 5.69 Å². The topological polar surface area (TPSA) is 121 Å². The van der Waals surface area contributed by atoms with Crippen LogP contribution >= 0.6 is 11.6 Å². The molecular formula is C41H60ClN3O7. The molecule has 0 radical (unpaired) electrons. The number of unbranched alkanes of at least 4 members (excludes halogenated alkanes) is 10. The van der Waals surface area contributed by atoms with E-state index in [4.69, 9.17) is 25.8 Å². The number of anilines is 1. The summed E-state index contributed by atoms with van der Waals surface area (Å²) in [6, 6.07) is 10.7. The lowest BCUT2D eigenvalue weighted by Crippen LogP contribution is -2.43. The summed E-state index contributed by atoms with van der Waals surface area (Å²) < 4.78 is 20.0. The zero-order chi connectivity index (χ0) is 38.1. The first-order valence-electron chi connectivity index (χ1n) is 19.1. The molecule has 1 atom stereocenters. The Kier molecular flexibility index (Phi) is 17.6. The third kappa shape index (κ3) is 12.3. The highest BCUT2D eigenvalue weighted by Crippen LogP contribution is 2.38. The number of amides is 1. The minimum atomic E-state index is -1.74. The number of halogens is 1. The fourth-order valence-electron chi connectivity index (χ4n) is 5.91. The molecule has 0 saturated carbocycles. The predicted octanol–water partition coefficient (Wildman–Crippen LogP) is 9.73. The smallest absolute Gasteiger partial charge is 0.335 e. The number of nitrogens with one attached hydrogen (secondary N) is 1. The number of carbonyl (C=O) groups excluding carboxylic acids is 2. The van der Waals surface area contributed by atoms with Gasteiger partial charge in [0.25, 0.3) is 17.7 Å². The maximum Gasteiger partial charge on any atom is 0.335 e. The number of imidazole rings is 1. The molecule has 2 N–H and O–H groups in total. The second kappa shape index (κ2) is 21.6. The van der Waals surface area contributed by atoms with E-state index in [9.17, 15) is 19.5 Å². The van der Waals surface area contributed by atoms with Crippen molar-refractivity contribution in [2.24, 2.45) is 5.41 Å². The first kappa shape index (κ1) is 42.5. The monoisotopic (exact) mass is 741 g/mol. The average molecular weight is 742 g/mol. The van der Waals surface area contributed by atoms with E-state index < -0.39 is 34.7 Å². The molecule has 1 unspecified atom stereocenters. The van der Waals surface area contributed by atoms with E-state index in [1.807, 2.05) is 30.3 Å². The largest absolute Gasteiger partial charge is 0.492 e. The summed E-state index contributed by atoms with van der Waals surface area (Å²) in [6.07, 6.45) is 13.0. The number of carbonyl (C=O) groups is 2. The maximum absolute atomic E-state index is 14.4. The maximum atomic E-state index is 14.4. The zero-order valence-electron chi connectivity index (χ0n) is 32.1. The van der Waals surface area contributed by atoms with Crippen LogP contribution in [-0.2, 0) is 16.1 Å². The minimum Gasteiger partial charge on any atom is -0.492 e. The third-order valence-corrected chi connectivity index (χ3v) is 9.16. The number of nitrogens with zero attached hydrogens (tertiary/aromatic N) is 2. The lowest BCUT2D eigenvalue weighted by molar-refractivity contribution is -0.135. The van der Waals surface area contributed by atoms with Gasteiger partial charge in [0.15, 0.2) is 11.8 Å². The Labute approximate surface area is 314 Å². The molecule has 0 spiro atoms.